The van der Waals surface area contributed by atoms with Crippen LogP contribution in [0.5, 0.6) is 5.75 Å². The Morgan fingerprint density at radius 3 is 2.29 bits per heavy atom. The molecule has 0 radical (unpaired) electrons. The van der Waals surface area contributed by atoms with Crippen molar-refractivity contribution in [1.29, 1.82) is 5.26 Å². The molecule has 0 spiro atoms. The monoisotopic (exact) mass is 395 g/mol. The van der Waals surface area contributed by atoms with Gasteiger partial charge in [-0.15, -0.1) is 11.8 Å². The van der Waals surface area contributed by atoms with E-state index >= 15 is 0 Å². The van der Waals surface area contributed by atoms with E-state index in [1.165, 1.54) is 24.4 Å². The van der Waals surface area contributed by atoms with Crippen molar-refractivity contribution >= 4 is 23.5 Å². The average Bonchev–Trinajstić information content (AvgIpc) is 2.69. The summed E-state index contributed by atoms with van der Waals surface area (Å²) in [6.07, 6.45) is 0. The summed E-state index contributed by atoms with van der Waals surface area (Å²) in [5.41, 5.74) is 2.31. The molecule has 0 unspecified atom stereocenters. The highest BCUT2D eigenvalue weighted by molar-refractivity contribution is 8.03. The molecule has 0 bridgehead atoms. The minimum absolute atomic E-state index is 0.0248. The van der Waals surface area contributed by atoms with Crippen LogP contribution >= 0.6 is 11.8 Å². The standard InChI is InChI=1S/C23H25NO3S/c1-6-28-20(15-24)21(16-11-13-17(14-12-16)23(2,3)4)27-19-10-8-7-9-18(19)22(25)26-5/h7-14H,6H2,1-5H3/b21-20-. The summed E-state index contributed by atoms with van der Waals surface area (Å²) in [4.78, 5) is 12.5. The number of nitriles is 1. The molecule has 146 valence electrons. The number of hydrogen-bond donors (Lipinski definition) is 0. The molecule has 5 heteroatoms. The van der Waals surface area contributed by atoms with Crippen molar-refractivity contribution in [2.24, 2.45) is 0 Å². The van der Waals surface area contributed by atoms with Gasteiger partial charge >= 0.3 is 5.97 Å². The number of para-hydroxylation sites is 1. The van der Waals surface area contributed by atoms with E-state index in [0.29, 0.717) is 22.0 Å². The second-order valence-electron chi connectivity index (χ2n) is 7.12. The molecule has 0 saturated heterocycles. The molecule has 28 heavy (non-hydrogen) atoms. The Bertz CT molecular complexity index is 903. The molecule has 0 amide bonds. The Morgan fingerprint density at radius 2 is 1.75 bits per heavy atom. The Morgan fingerprint density at radius 1 is 1.11 bits per heavy atom. The summed E-state index contributed by atoms with van der Waals surface area (Å²) in [6.45, 7) is 8.42. The van der Waals surface area contributed by atoms with E-state index in [2.05, 4.69) is 26.8 Å². The maximum atomic E-state index is 12.1. The molecule has 0 fully saturated rings. The Kier molecular flexibility index (Phi) is 7.31. The molecule has 4 nitrogen and oxygen atoms in total. The first-order valence-corrected chi connectivity index (χ1v) is 10.0. The zero-order valence-electron chi connectivity index (χ0n) is 16.9. The van der Waals surface area contributed by atoms with E-state index in [9.17, 15) is 10.1 Å². The number of hydrogen-bond acceptors (Lipinski definition) is 5. The van der Waals surface area contributed by atoms with Gasteiger partial charge in [-0.1, -0.05) is 64.1 Å². The Balaban J connectivity index is 2.55. The van der Waals surface area contributed by atoms with Gasteiger partial charge in [0.25, 0.3) is 0 Å². The van der Waals surface area contributed by atoms with Crippen LogP contribution in [-0.2, 0) is 10.2 Å². The number of methoxy groups -OCH3 is 1. The van der Waals surface area contributed by atoms with Gasteiger partial charge in [0.2, 0.25) is 0 Å². The molecule has 0 atom stereocenters. The first kappa shape index (κ1) is 21.6. The van der Waals surface area contributed by atoms with E-state index in [1.807, 2.05) is 31.2 Å². The minimum Gasteiger partial charge on any atom is -0.465 e. The molecular formula is C23H25NO3S. The van der Waals surface area contributed by atoms with Crippen LogP contribution in [0.3, 0.4) is 0 Å². The average molecular weight is 396 g/mol. The number of nitrogens with zero attached hydrogens (tertiary/aromatic N) is 1. The number of rotatable bonds is 6. The lowest BCUT2D eigenvalue weighted by molar-refractivity contribution is 0.0598. The highest BCUT2D eigenvalue weighted by Gasteiger charge is 2.19. The van der Waals surface area contributed by atoms with Crippen LogP contribution in [-0.4, -0.2) is 18.8 Å². The SMILES string of the molecule is CCS/C(C#N)=C(\Oc1ccccc1C(=O)OC)c1ccc(C(C)(C)C)cc1. The fourth-order valence-electron chi connectivity index (χ4n) is 2.60. The smallest absolute Gasteiger partial charge is 0.341 e. The Labute approximate surface area is 171 Å². The van der Waals surface area contributed by atoms with Gasteiger partial charge < -0.3 is 9.47 Å². The van der Waals surface area contributed by atoms with E-state index in [0.717, 1.165) is 11.3 Å². The molecule has 2 rings (SSSR count). The molecule has 0 heterocycles. The summed E-state index contributed by atoms with van der Waals surface area (Å²) in [6, 6.07) is 17.1. The van der Waals surface area contributed by atoms with Gasteiger partial charge in [-0.3, -0.25) is 0 Å². The van der Waals surface area contributed by atoms with Crippen LogP contribution in [0, 0.1) is 11.3 Å². The van der Waals surface area contributed by atoms with Crippen molar-refractivity contribution in [2.75, 3.05) is 12.9 Å². The van der Waals surface area contributed by atoms with Gasteiger partial charge in [-0.2, -0.15) is 5.26 Å². The van der Waals surface area contributed by atoms with Crippen molar-refractivity contribution in [2.45, 2.75) is 33.1 Å². The van der Waals surface area contributed by atoms with Crippen LogP contribution in [0.15, 0.2) is 53.4 Å². The third-order valence-electron chi connectivity index (χ3n) is 4.11. The molecule has 2 aromatic carbocycles. The number of allylic oxidation sites excluding steroid dienone is 1. The maximum absolute atomic E-state index is 12.1. The lowest BCUT2D eigenvalue weighted by atomic mass is 9.86. The third-order valence-corrected chi connectivity index (χ3v) is 4.97. The van der Waals surface area contributed by atoms with Gasteiger partial charge in [0, 0.05) is 5.56 Å². The molecule has 2 aromatic rings. The quantitative estimate of drug-likeness (QED) is 0.352. The molecule has 0 aliphatic carbocycles. The summed E-state index contributed by atoms with van der Waals surface area (Å²) in [7, 11) is 1.33. The number of carbonyl (C=O) groups is 1. The molecule has 0 saturated carbocycles. The maximum Gasteiger partial charge on any atom is 0.341 e. The van der Waals surface area contributed by atoms with Crippen LogP contribution in [0.1, 0.15) is 49.2 Å². The van der Waals surface area contributed by atoms with E-state index in [4.69, 9.17) is 9.47 Å². The molecule has 0 aliphatic rings. The van der Waals surface area contributed by atoms with Crippen LogP contribution in [0.25, 0.3) is 5.76 Å². The third kappa shape index (κ3) is 5.17. The minimum atomic E-state index is -0.486. The van der Waals surface area contributed by atoms with Gasteiger partial charge in [-0.05, 0) is 28.9 Å². The lowest BCUT2D eigenvalue weighted by Gasteiger charge is -2.20. The Hall–Kier alpha value is -2.71. The van der Waals surface area contributed by atoms with Gasteiger partial charge in [0.1, 0.15) is 22.3 Å². The molecule has 0 aromatic heterocycles. The van der Waals surface area contributed by atoms with E-state index < -0.39 is 5.97 Å². The summed E-state index contributed by atoms with van der Waals surface area (Å²) in [5.74, 6) is 1.04. The number of esters is 1. The fourth-order valence-corrected chi connectivity index (χ4v) is 3.24. The lowest BCUT2D eigenvalue weighted by Crippen LogP contribution is -2.11. The van der Waals surface area contributed by atoms with E-state index in [-0.39, 0.29) is 5.41 Å². The zero-order valence-corrected chi connectivity index (χ0v) is 17.7. The van der Waals surface area contributed by atoms with Gasteiger partial charge in [0.15, 0.2) is 5.76 Å². The van der Waals surface area contributed by atoms with Crippen LogP contribution < -0.4 is 4.74 Å². The number of thioether (sulfide) groups is 1. The van der Waals surface area contributed by atoms with Crippen LogP contribution in [0.2, 0.25) is 0 Å². The summed E-state index contributed by atoms with van der Waals surface area (Å²) in [5, 5.41) is 9.68. The van der Waals surface area contributed by atoms with Crippen LogP contribution in [0.4, 0.5) is 0 Å². The first-order chi connectivity index (χ1) is 13.3. The number of benzene rings is 2. The number of ether oxygens (including phenoxy) is 2. The molecule has 0 aliphatic heterocycles. The fraction of sp³-hybridized carbons (Fsp3) is 0.304. The van der Waals surface area contributed by atoms with E-state index in [1.54, 1.807) is 24.3 Å². The van der Waals surface area contributed by atoms with Crippen molar-refractivity contribution in [1.82, 2.24) is 0 Å². The van der Waals surface area contributed by atoms with Gasteiger partial charge in [-0.25, -0.2) is 4.79 Å². The normalized spacial score (nSPS) is 12.0. The highest BCUT2D eigenvalue weighted by Crippen LogP contribution is 2.32. The van der Waals surface area contributed by atoms with Crippen molar-refractivity contribution in [3.8, 4) is 11.8 Å². The predicted octanol–water partition coefficient (Wildman–Crippen LogP) is 5.79. The van der Waals surface area contributed by atoms with Crippen molar-refractivity contribution < 1.29 is 14.3 Å². The van der Waals surface area contributed by atoms with Crippen molar-refractivity contribution in [3.05, 3.63) is 70.1 Å². The van der Waals surface area contributed by atoms with Gasteiger partial charge in [0.05, 0.1) is 7.11 Å². The second-order valence-corrected chi connectivity index (χ2v) is 8.39. The van der Waals surface area contributed by atoms with Crippen molar-refractivity contribution in [3.63, 3.8) is 0 Å². The summed E-state index contributed by atoms with van der Waals surface area (Å²) < 4.78 is 11.0. The predicted molar refractivity (Wildman–Crippen MR) is 114 cm³/mol. The zero-order chi connectivity index (χ0) is 20.7. The second kappa shape index (κ2) is 9.48. The first-order valence-electron chi connectivity index (χ1n) is 9.05. The largest absolute Gasteiger partial charge is 0.465 e. The molecular weight excluding hydrogens is 370 g/mol. The molecule has 0 N–H and O–H groups in total. The highest BCUT2D eigenvalue weighted by atomic mass is 32.2. The topological polar surface area (TPSA) is 59.3 Å². The number of carbonyl (C=O) groups excluding carboxylic acids is 1. The summed E-state index contributed by atoms with van der Waals surface area (Å²) >= 11 is 1.41.